The van der Waals surface area contributed by atoms with E-state index < -0.39 is 0 Å². The summed E-state index contributed by atoms with van der Waals surface area (Å²) in [6, 6.07) is 4.18. The Bertz CT molecular complexity index is 380. The summed E-state index contributed by atoms with van der Waals surface area (Å²) in [5.74, 6) is 0.242. The average Bonchev–Trinajstić information content (AvgIpc) is 2.76. The van der Waals surface area contributed by atoms with E-state index in [0.29, 0.717) is 0 Å². The predicted molar refractivity (Wildman–Crippen MR) is 66.4 cm³/mol. The zero-order valence-corrected chi connectivity index (χ0v) is 10.3. The van der Waals surface area contributed by atoms with Crippen LogP contribution in [0, 0.1) is 5.92 Å². The molecule has 17 heavy (non-hydrogen) atoms. The average molecular weight is 233 g/mol. The lowest BCUT2D eigenvalue weighted by Crippen LogP contribution is -2.37. The van der Waals surface area contributed by atoms with E-state index in [1.807, 2.05) is 19.1 Å². The number of nitrogens with zero attached hydrogens (tertiary/aromatic N) is 1. The highest BCUT2D eigenvalue weighted by Gasteiger charge is 2.29. The third-order valence-electron chi connectivity index (χ3n) is 3.43. The largest absolute Gasteiger partial charge is 0.349 e. The first-order valence-corrected chi connectivity index (χ1v) is 6.12. The van der Waals surface area contributed by atoms with E-state index in [0.717, 1.165) is 18.5 Å². The summed E-state index contributed by atoms with van der Waals surface area (Å²) < 4.78 is 0. The van der Waals surface area contributed by atoms with E-state index in [1.54, 1.807) is 12.4 Å². The van der Waals surface area contributed by atoms with E-state index >= 15 is 0 Å². The highest BCUT2D eigenvalue weighted by molar-refractivity contribution is 5.80. The van der Waals surface area contributed by atoms with Crippen molar-refractivity contribution in [2.45, 2.75) is 32.4 Å². The minimum Gasteiger partial charge on any atom is -0.349 e. The van der Waals surface area contributed by atoms with Crippen LogP contribution in [0.2, 0.25) is 0 Å². The van der Waals surface area contributed by atoms with Crippen molar-refractivity contribution in [3.05, 3.63) is 30.1 Å². The van der Waals surface area contributed by atoms with E-state index in [9.17, 15) is 4.79 Å². The Morgan fingerprint density at radius 1 is 1.53 bits per heavy atom. The molecule has 1 aromatic rings. The fourth-order valence-electron chi connectivity index (χ4n) is 2.27. The molecule has 4 nitrogen and oxygen atoms in total. The van der Waals surface area contributed by atoms with Crippen molar-refractivity contribution < 1.29 is 4.79 Å². The molecule has 2 N–H and O–H groups in total. The first-order valence-electron chi connectivity index (χ1n) is 6.12. The molecule has 2 rings (SSSR count). The number of hydrogen-bond donors (Lipinski definition) is 2. The topological polar surface area (TPSA) is 54.0 Å². The number of nitrogens with one attached hydrogen (secondary N) is 2. The molecule has 0 radical (unpaired) electrons. The van der Waals surface area contributed by atoms with Gasteiger partial charge in [0, 0.05) is 18.4 Å². The molecule has 0 aromatic carbocycles. The predicted octanol–water partition coefficient (Wildman–Crippen LogP) is 1.26. The molecule has 92 valence electrons. The van der Waals surface area contributed by atoms with Crippen LogP contribution in [0.25, 0.3) is 0 Å². The fourth-order valence-corrected chi connectivity index (χ4v) is 2.27. The van der Waals surface area contributed by atoms with Gasteiger partial charge in [-0.05, 0) is 44.5 Å². The monoisotopic (exact) mass is 233 g/mol. The van der Waals surface area contributed by atoms with Crippen molar-refractivity contribution in [2.75, 3.05) is 6.54 Å². The lowest BCUT2D eigenvalue weighted by atomic mass is 10.00. The van der Waals surface area contributed by atoms with Crippen LogP contribution in [0.5, 0.6) is 0 Å². The van der Waals surface area contributed by atoms with Gasteiger partial charge in [0.05, 0.1) is 12.0 Å². The zero-order chi connectivity index (χ0) is 12.3. The van der Waals surface area contributed by atoms with Gasteiger partial charge in [-0.1, -0.05) is 0 Å². The molecule has 0 bridgehead atoms. The Morgan fingerprint density at radius 2 is 2.24 bits per heavy atom. The first-order chi connectivity index (χ1) is 8.18. The van der Waals surface area contributed by atoms with Gasteiger partial charge in [-0.2, -0.15) is 0 Å². The highest BCUT2D eigenvalue weighted by atomic mass is 16.2. The fraction of sp³-hybridized carbons (Fsp3) is 0.538. The molecule has 0 saturated carbocycles. The van der Waals surface area contributed by atoms with E-state index in [-0.39, 0.29) is 23.9 Å². The van der Waals surface area contributed by atoms with Gasteiger partial charge in [-0.25, -0.2) is 0 Å². The summed E-state index contributed by atoms with van der Waals surface area (Å²) in [6.07, 6.45) is 4.42. The van der Waals surface area contributed by atoms with Gasteiger partial charge in [-0.15, -0.1) is 0 Å². The third kappa shape index (κ3) is 2.82. The number of carbonyl (C=O) groups excluding carboxylic acids is 1. The molecule has 1 fully saturated rings. The van der Waals surface area contributed by atoms with Crippen LogP contribution >= 0.6 is 0 Å². The molecule has 1 aromatic heterocycles. The molecule has 1 aliphatic heterocycles. The molecular weight excluding hydrogens is 214 g/mol. The number of aromatic nitrogens is 1. The quantitative estimate of drug-likeness (QED) is 0.826. The highest BCUT2D eigenvalue weighted by Crippen LogP contribution is 2.17. The molecule has 3 atom stereocenters. The Kier molecular flexibility index (Phi) is 3.74. The number of pyridine rings is 1. The summed E-state index contributed by atoms with van der Waals surface area (Å²) in [5.41, 5.74) is 1.09. The third-order valence-corrected chi connectivity index (χ3v) is 3.43. The van der Waals surface area contributed by atoms with Gasteiger partial charge < -0.3 is 10.6 Å². The van der Waals surface area contributed by atoms with E-state index in [4.69, 9.17) is 0 Å². The van der Waals surface area contributed by atoms with Crippen molar-refractivity contribution in [2.24, 2.45) is 5.92 Å². The van der Waals surface area contributed by atoms with Gasteiger partial charge in [0.25, 0.3) is 0 Å². The van der Waals surface area contributed by atoms with Crippen LogP contribution in [-0.2, 0) is 4.79 Å². The summed E-state index contributed by atoms with van der Waals surface area (Å²) in [4.78, 5) is 16.0. The lowest BCUT2D eigenvalue weighted by molar-refractivity contribution is -0.125. The molecule has 0 spiro atoms. The maximum Gasteiger partial charge on any atom is 0.225 e. The van der Waals surface area contributed by atoms with Gasteiger partial charge >= 0.3 is 0 Å². The van der Waals surface area contributed by atoms with Crippen LogP contribution in [-0.4, -0.2) is 23.5 Å². The van der Waals surface area contributed by atoms with Crippen molar-refractivity contribution in [3.8, 4) is 0 Å². The van der Waals surface area contributed by atoms with E-state index in [1.165, 1.54) is 0 Å². The van der Waals surface area contributed by atoms with Crippen molar-refractivity contribution in [1.29, 1.82) is 0 Å². The molecule has 2 heterocycles. The maximum atomic E-state index is 12.1. The number of amides is 1. The summed E-state index contributed by atoms with van der Waals surface area (Å²) in [6.45, 7) is 5.00. The van der Waals surface area contributed by atoms with Gasteiger partial charge in [0.2, 0.25) is 5.91 Å². The number of hydrogen-bond acceptors (Lipinski definition) is 3. The Morgan fingerprint density at radius 3 is 2.82 bits per heavy atom. The van der Waals surface area contributed by atoms with Crippen LogP contribution < -0.4 is 10.6 Å². The second-order valence-electron chi connectivity index (χ2n) is 4.65. The zero-order valence-electron chi connectivity index (χ0n) is 10.3. The van der Waals surface area contributed by atoms with Crippen molar-refractivity contribution in [3.63, 3.8) is 0 Å². The van der Waals surface area contributed by atoms with Crippen molar-refractivity contribution >= 4 is 5.91 Å². The minimum absolute atomic E-state index is 0.0401. The van der Waals surface area contributed by atoms with Crippen LogP contribution in [0.1, 0.15) is 31.9 Å². The summed E-state index contributed by atoms with van der Waals surface area (Å²) in [7, 11) is 0. The molecule has 0 aliphatic carbocycles. The smallest absolute Gasteiger partial charge is 0.225 e. The summed E-state index contributed by atoms with van der Waals surface area (Å²) >= 11 is 0. The Balaban J connectivity index is 1.95. The Labute approximate surface area is 102 Å². The lowest BCUT2D eigenvalue weighted by Gasteiger charge is -2.19. The molecule has 1 amide bonds. The number of rotatable bonds is 3. The van der Waals surface area contributed by atoms with Gasteiger partial charge in [-0.3, -0.25) is 9.78 Å². The minimum atomic E-state index is 0.0401. The van der Waals surface area contributed by atoms with E-state index in [2.05, 4.69) is 22.5 Å². The molecule has 1 saturated heterocycles. The number of carbonyl (C=O) groups is 1. The van der Waals surface area contributed by atoms with Crippen molar-refractivity contribution in [1.82, 2.24) is 15.6 Å². The standard InChI is InChI=1S/C13H19N3O/c1-9(11-3-6-14-7-4-11)16-13(17)12-5-8-15-10(12)2/h3-4,6-7,9-10,12,15H,5,8H2,1-2H3,(H,16,17). The molecule has 4 heteroatoms. The summed E-state index contributed by atoms with van der Waals surface area (Å²) in [5, 5.41) is 6.35. The molecule has 3 unspecified atom stereocenters. The first kappa shape index (κ1) is 12.0. The molecular formula is C13H19N3O. The normalized spacial score (nSPS) is 25.5. The molecule has 1 aliphatic rings. The second-order valence-corrected chi connectivity index (χ2v) is 4.65. The Hall–Kier alpha value is -1.42. The second kappa shape index (κ2) is 5.27. The van der Waals surface area contributed by atoms with Crippen LogP contribution in [0.4, 0.5) is 0 Å². The van der Waals surface area contributed by atoms with Gasteiger partial charge in [0.1, 0.15) is 0 Å². The SMILES string of the molecule is CC(NC(=O)C1CCNC1C)c1ccncc1. The van der Waals surface area contributed by atoms with Crippen LogP contribution in [0.3, 0.4) is 0 Å². The maximum absolute atomic E-state index is 12.1. The van der Waals surface area contributed by atoms with Crippen LogP contribution in [0.15, 0.2) is 24.5 Å². The van der Waals surface area contributed by atoms with Gasteiger partial charge in [0.15, 0.2) is 0 Å².